The van der Waals surface area contributed by atoms with E-state index in [1.807, 2.05) is 12.1 Å². The highest BCUT2D eigenvalue weighted by Crippen LogP contribution is 2.34. The Morgan fingerprint density at radius 2 is 1.61 bits per heavy atom. The number of hydrogen-bond acceptors (Lipinski definition) is 7. The zero-order valence-electron chi connectivity index (χ0n) is 15.9. The SMILES string of the molecule is COc1ccc(OC)c(NC(=O)c2csc(-c3ccc(OC)c(OC)c3)n2)c1. The molecule has 3 aromatic rings. The highest BCUT2D eigenvalue weighted by atomic mass is 32.1. The number of amides is 1. The van der Waals surface area contributed by atoms with E-state index in [0.29, 0.717) is 39.4 Å². The minimum absolute atomic E-state index is 0.305. The number of carbonyl (C=O) groups excluding carboxylic acids is 1. The van der Waals surface area contributed by atoms with Crippen LogP contribution in [0, 0.1) is 0 Å². The standard InChI is InChI=1S/C20H20N2O5S/c1-24-13-6-8-16(25-2)14(10-13)21-19(23)15-11-28-20(22-15)12-5-7-17(26-3)18(9-12)27-4/h5-11H,1-4H3,(H,21,23). The smallest absolute Gasteiger partial charge is 0.275 e. The van der Waals surface area contributed by atoms with Crippen molar-refractivity contribution in [2.45, 2.75) is 0 Å². The number of nitrogens with zero attached hydrogens (tertiary/aromatic N) is 1. The molecule has 0 bridgehead atoms. The van der Waals surface area contributed by atoms with Crippen molar-refractivity contribution in [3.05, 3.63) is 47.5 Å². The maximum Gasteiger partial charge on any atom is 0.275 e. The lowest BCUT2D eigenvalue weighted by molar-refractivity contribution is 0.102. The van der Waals surface area contributed by atoms with Gasteiger partial charge in [-0.1, -0.05) is 0 Å². The third-order valence-corrected chi connectivity index (χ3v) is 4.91. The first-order valence-electron chi connectivity index (χ1n) is 8.31. The Kier molecular flexibility index (Phi) is 6.00. The van der Waals surface area contributed by atoms with E-state index in [1.54, 1.807) is 51.0 Å². The van der Waals surface area contributed by atoms with E-state index >= 15 is 0 Å². The van der Waals surface area contributed by atoms with Crippen LogP contribution in [0.5, 0.6) is 23.0 Å². The second kappa shape index (κ2) is 8.62. The molecule has 0 aliphatic rings. The monoisotopic (exact) mass is 400 g/mol. The number of rotatable bonds is 7. The molecule has 2 aromatic carbocycles. The van der Waals surface area contributed by atoms with Crippen LogP contribution in [0.1, 0.15) is 10.5 Å². The number of benzene rings is 2. The Bertz CT molecular complexity index is 986. The van der Waals surface area contributed by atoms with Crippen LogP contribution in [0.3, 0.4) is 0 Å². The largest absolute Gasteiger partial charge is 0.497 e. The van der Waals surface area contributed by atoms with Gasteiger partial charge in [0.1, 0.15) is 22.2 Å². The van der Waals surface area contributed by atoms with E-state index in [9.17, 15) is 4.79 Å². The molecule has 0 saturated carbocycles. The summed E-state index contributed by atoms with van der Waals surface area (Å²) in [5.74, 6) is 2.03. The number of aromatic nitrogens is 1. The molecular weight excluding hydrogens is 380 g/mol. The van der Waals surface area contributed by atoms with Gasteiger partial charge < -0.3 is 24.3 Å². The van der Waals surface area contributed by atoms with Crippen LogP contribution in [-0.2, 0) is 0 Å². The van der Waals surface area contributed by atoms with Crippen molar-refractivity contribution < 1.29 is 23.7 Å². The Morgan fingerprint density at radius 1 is 0.893 bits per heavy atom. The summed E-state index contributed by atoms with van der Waals surface area (Å²) >= 11 is 1.37. The van der Waals surface area contributed by atoms with Crippen LogP contribution in [0.25, 0.3) is 10.6 Å². The number of thiazole rings is 1. The van der Waals surface area contributed by atoms with Gasteiger partial charge >= 0.3 is 0 Å². The normalized spacial score (nSPS) is 10.3. The minimum Gasteiger partial charge on any atom is -0.497 e. The molecule has 0 aliphatic heterocycles. The van der Waals surface area contributed by atoms with Crippen molar-refractivity contribution in [1.82, 2.24) is 4.98 Å². The average molecular weight is 400 g/mol. The van der Waals surface area contributed by atoms with Gasteiger partial charge in [-0.05, 0) is 30.3 Å². The van der Waals surface area contributed by atoms with Crippen LogP contribution in [-0.4, -0.2) is 39.3 Å². The lowest BCUT2D eigenvalue weighted by Crippen LogP contribution is -2.13. The van der Waals surface area contributed by atoms with E-state index in [-0.39, 0.29) is 5.91 Å². The van der Waals surface area contributed by atoms with E-state index in [1.165, 1.54) is 18.4 Å². The van der Waals surface area contributed by atoms with Crippen LogP contribution in [0.15, 0.2) is 41.8 Å². The van der Waals surface area contributed by atoms with E-state index in [2.05, 4.69) is 10.3 Å². The van der Waals surface area contributed by atoms with Crippen LogP contribution in [0.4, 0.5) is 5.69 Å². The van der Waals surface area contributed by atoms with Crippen molar-refractivity contribution in [2.75, 3.05) is 33.8 Å². The predicted octanol–water partition coefficient (Wildman–Crippen LogP) is 4.10. The molecular formula is C20H20N2O5S. The van der Waals surface area contributed by atoms with Gasteiger partial charge in [0.15, 0.2) is 11.5 Å². The average Bonchev–Trinajstić information content (AvgIpc) is 3.23. The molecule has 7 nitrogen and oxygen atoms in total. The lowest BCUT2D eigenvalue weighted by atomic mass is 10.2. The van der Waals surface area contributed by atoms with Crippen molar-refractivity contribution >= 4 is 22.9 Å². The Balaban J connectivity index is 1.83. The van der Waals surface area contributed by atoms with Crippen LogP contribution in [0.2, 0.25) is 0 Å². The lowest BCUT2D eigenvalue weighted by Gasteiger charge is -2.11. The number of anilines is 1. The van der Waals surface area contributed by atoms with Crippen molar-refractivity contribution in [3.8, 4) is 33.6 Å². The van der Waals surface area contributed by atoms with Gasteiger partial charge in [-0.2, -0.15) is 0 Å². The zero-order valence-corrected chi connectivity index (χ0v) is 16.8. The number of nitrogens with one attached hydrogen (secondary N) is 1. The van der Waals surface area contributed by atoms with Gasteiger partial charge in [0.2, 0.25) is 0 Å². The zero-order chi connectivity index (χ0) is 20.1. The molecule has 3 rings (SSSR count). The first-order valence-corrected chi connectivity index (χ1v) is 9.19. The molecule has 1 N–H and O–H groups in total. The highest BCUT2D eigenvalue weighted by Gasteiger charge is 2.16. The first-order chi connectivity index (χ1) is 13.6. The molecule has 0 unspecified atom stereocenters. The number of methoxy groups -OCH3 is 4. The Hall–Kier alpha value is -3.26. The predicted molar refractivity (Wildman–Crippen MR) is 108 cm³/mol. The van der Waals surface area contributed by atoms with E-state index < -0.39 is 0 Å². The topological polar surface area (TPSA) is 78.9 Å². The summed E-state index contributed by atoms with van der Waals surface area (Å²) in [5.41, 5.74) is 1.65. The highest BCUT2D eigenvalue weighted by molar-refractivity contribution is 7.13. The third-order valence-electron chi connectivity index (χ3n) is 4.02. The number of hydrogen-bond donors (Lipinski definition) is 1. The quantitative estimate of drug-likeness (QED) is 0.643. The molecule has 0 atom stereocenters. The summed E-state index contributed by atoms with van der Waals surface area (Å²) in [5, 5.41) is 5.21. The van der Waals surface area contributed by atoms with E-state index in [4.69, 9.17) is 18.9 Å². The molecule has 1 amide bonds. The summed E-state index contributed by atoms with van der Waals surface area (Å²) in [4.78, 5) is 17.1. The minimum atomic E-state index is -0.338. The van der Waals surface area contributed by atoms with Gasteiger partial charge in [0.05, 0.1) is 34.1 Å². The molecule has 0 saturated heterocycles. The molecule has 0 spiro atoms. The van der Waals surface area contributed by atoms with Gasteiger partial charge in [0, 0.05) is 17.0 Å². The fourth-order valence-corrected chi connectivity index (χ4v) is 3.38. The second-order valence-corrected chi connectivity index (χ2v) is 6.49. The molecule has 146 valence electrons. The van der Waals surface area contributed by atoms with Gasteiger partial charge in [0.25, 0.3) is 5.91 Å². The number of ether oxygens (including phenoxy) is 4. The molecule has 0 aliphatic carbocycles. The fraction of sp³-hybridized carbons (Fsp3) is 0.200. The van der Waals surface area contributed by atoms with Crippen LogP contribution >= 0.6 is 11.3 Å². The van der Waals surface area contributed by atoms with Gasteiger partial charge in [-0.3, -0.25) is 4.79 Å². The molecule has 8 heteroatoms. The summed E-state index contributed by atoms with van der Waals surface area (Å²) in [6.07, 6.45) is 0. The Morgan fingerprint density at radius 3 is 2.29 bits per heavy atom. The van der Waals surface area contributed by atoms with Crippen molar-refractivity contribution in [2.24, 2.45) is 0 Å². The summed E-state index contributed by atoms with van der Waals surface area (Å²) in [6, 6.07) is 10.7. The summed E-state index contributed by atoms with van der Waals surface area (Å²) in [7, 11) is 6.25. The first kappa shape index (κ1) is 19.5. The molecule has 28 heavy (non-hydrogen) atoms. The molecule has 1 aromatic heterocycles. The molecule has 0 radical (unpaired) electrons. The Labute approximate surface area is 166 Å². The maximum absolute atomic E-state index is 12.6. The molecule has 0 fully saturated rings. The summed E-state index contributed by atoms with van der Waals surface area (Å²) < 4.78 is 21.1. The van der Waals surface area contributed by atoms with Crippen LogP contribution < -0.4 is 24.3 Å². The van der Waals surface area contributed by atoms with E-state index in [0.717, 1.165) is 5.56 Å². The summed E-state index contributed by atoms with van der Waals surface area (Å²) in [6.45, 7) is 0. The second-order valence-electron chi connectivity index (χ2n) is 5.63. The van der Waals surface area contributed by atoms with Gasteiger partial charge in [-0.15, -0.1) is 11.3 Å². The van der Waals surface area contributed by atoms with Gasteiger partial charge in [-0.25, -0.2) is 4.98 Å². The van der Waals surface area contributed by atoms with Crippen molar-refractivity contribution in [3.63, 3.8) is 0 Å². The molecule has 1 heterocycles. The third kappa shape index (κ3) is 4.01. The van der Waals surface area contributed by atoms with Crippen molar-refractivity contribution in [1.29, 1.82) is 0 Å². The number of carbonyl (C=O) groups is 1. The maximum atomic E-state index is 12.6. The fourth-order valence-electron chi connectivity index (χ4n) is 2.58.